The van der Waals surface area contributed by atoms with E-state index in [0.29, 0.717) is 36.4 Å². The van der Waals surface area contributed by atoms with Gasteiger partial charge in [0.05, 0.1) is 13.2 Å². The first-order chi connectivity index (χ1) is 8.29. The van der Waals surface area contributed by atoms with E-state index in [2.05, 4.69) is 27.2 Å². The number of nitrogens with zero attached hydrogens (tertiary/aromatic N) is 2. The summed E-state index contributed by atoms with van der Waals surface area (Å²) in [5, 5.41) is 6.49. The number of nitrogens with one attached hydrogen (secondary N) is 2. The molecule has 0 aliphatic carbocycles. The minimum Gasteiger partial charge on any atom is -0.383 e. The Labute approximate surface area is 106 Å². The fourth-order valence-corrected chi connectivity index (χ4v) is 1.46. The van der Waals surface area contributed by atoms with E-state index in [4.69, 9.17) is 16.3 Å². The van der Waals surface area contributed by atoms with Crippen molar-refractivity contribution < 1.29 is 4.74 Å². The summed E-state index contributed by atoms with van der Waals surface area (Å²) in [4.78, 5) is 7.99. The average Bonchev–Trinajstić information content (AvgIpc) is 2.34. The molecule has 0 aliphatic rings. The number of hydrogen-bond donors (Lipinski definition) is 2. The summed E-state index contributed by atoms with van der Waals surface area (Å²) in [6.45, 7) is 5.59. The third-order valence-electron chi connectivity index (χ3n) is 2.06. The number of rotatable bonds is 8. The summed E-state index contributed by atoms with van der Waals surface area (Å²) in [7, 11) is 1.77. The highest BCUT2D eigenvalue weighted by molar-refractivity contribution is 6.32. The van der Waals surface area contributed by atoms with Gasteiger partial charge in [0.15, 0.2) is 11.0 Å². The molecule has 94 valence electrons. The van der Waals surface area contributed by atoms with E-state index in [1.807, 2.05) is 6.08 Å². The molecule has 0 unspecified atom stereocenters. The molecule has 0 bridgehead atoms. The Morgan fingerprint density at radius 3 is 3.00 bits per heavy atom. The van der Waals surface area contributed by atoms with E-state index in [1.54, 1.807) is 7.05 Å². The predicted molar refractivity (Wildman–Crippen MR) is 70.7 cm³/mol. The van der Waals surface area contributed by atoms with E-state index in [0.717, 1.165) is 6.42 Å². The molecule has 0 atom stereocenters. The summed E-state index contributed by atoms with van der Waals surface area (Å²) in [6, 6.07) is 0. The van der Waals surface area contributed by atoms with Crippen molar-refractivity contribution >= 4 is 23.1 Å². The van der Waals surface area contributed by atoms with Crippen molar-refractivity contribution in [2.45, 2.75) is 6.42 Å². The molecule has 1 aromatic rings. The first kappa shape index (κ1) is 13.7. The van der Waals surface area contributed by atoms with Gasteiger partial charge in [-0.1, -0.05) is 17.7 Å². The molecule has 17 heavy (non-hydrogen) atoms. The van der Waals surface area contributed by atoms with Gasteiger partial charge in [0.2, 0.25) is 0 Å². The van der Waals surface area contributed by atoms with Crippen LogP contribution in [0.25, 0.3) is 0 Å². The van der Waals surface area contributed by atoms with Crippen LogP contribution in [0.5, 0.6) is 0 Å². The fourth-order valence-electron chi connectivity index (χ4n) is 1.23. The lowest BCUT2D eigenvalue weighted by Crippen LogP contribution is -2.12. The van der Waals surface area contributed by atoms with Crippen LogP contribution in [0.4, 0.5) is 11.5 Å². The van der Waals surface area contributed by atoms with Gasteiger partial charge < -0.3 is 15.4 Å². The molecule has 1 aromatic heterocycles. The molecule has 0 amide bonds. The monoisotopic (exact) mass is 256 g/mol. The highest BCUT2D eigenvalue weighted by Gasteiger charge is 2.06. The van der Waals surface area contributed by atoms with Crippen molar-refractivity contribution in [3.05, 3.63) is 24.1 Å². The maximum absolute atomic E-state index is 5.91. The van der Waals surface area contributed by atoms with Gasteiger partial charge in [-0.2, -0.15) is 0 Å². The van der Waals surface area contributed by atoms with Crippen molar-refractivity contribution in [1.82, 2.24) is 9.97 Å². The van der Waals surface area contributed by atoms with Gasteiger partial charge >= 0.3 is 0 Å². The molecule has 6 heteroatoms. The summed E-state index contributed by atoms with van der Waals surface area (Å²) in [5.41, 5.74) is 0.695. The van der Waals surface area contributed by atoms with Crippen LogP contribution in [0.3, 0.4) is 0 Å². The Hall–Kier alpha value is -1.33. The average molecular weight is 257 g/mol. The van der Waals surface area contributed by atoms with Gasteiger partial charge in [0, 0.05) is 13.6 Å². The molecular formula is C11H17ClN4O. The molecule has 0 aliphatic heterocycles. The van der Waals surface area contributed by atoms with Crippen LogP contribution in [0.15, 0.2) is 19.0 Å². The van der Waals surface area contributed by atoms with Gasteiger partial charge in [-0.25, -0.2) is 9.97 Å². The van der Waals surface area contributed by atoms with E-state index in [1.165, 1.54) is 6.33 Å². The molecule has 0 saturated heterocycles. The summed E-state index contributed by atoms with van der Waals surface area (Å²) >= 11 is 5.91. The second-order valence-electron chi connectivity index (χ2n) is 3.25. The summed E-state index contributed by atoms with van der Waals surface area (Å²) < 4.78 is 5.37. The van der Waals surface area contributed by atoms with Gasteiger partial charge in [-0.05, 0) is 6.42 Å². The molecule has 0 spiro atoms. The van der Waals surface area contributed by atoms with Crippen LogP contribution in [0.1, 0.15) is 6.42 Å². The van der Waals surface area contributed by atoms with Crippen LogP contribution in [0.2, 0.25) is 5.15 Å². The smallest absolute Gasteiger partial charge is 0.157 e. The van der Waals surface area contributed by atoms with E-state index in [9.17, 15) is 0 Å². The number of ether oxygens (including phenoxy) is 1. The fraction of sp³-hybridized carbons (Fsp3) is 0.455. The summed E-state index contributed by atoms with van der Waals surface area (Å²) in [5.74, 6) is 0.680. The molecule has 5 nitrogen and oxygen atoms in total. The van der Waals surface area contributed by atoms with Crippen molar-refractivity contribution in [3.8, 4) is 0 Å². The number of halogens is 1. The molecule has 0 aromatic carbocycles. The standard InChI is InChI=1S/C11H17ClN4O/c1-3-4-6-17-7-5-14-11-9(13-2)10(12)15-8-16-11/h3,8,13H,1,4-7H2,2H3,(H,14,15,16). The zero-order valence-corrected chi connectivity index (χ0v) is 10.6. The summed E-state index contributed by atoms with van der Waals surface area (Å²) in [6.07, 6.45) is 4.11. The van der Waals surface area contributed by atoms with Crippen LogP contribution in [-0.2, 0) is 4.74 Å². The van der Waals surface area contributed by atoms with Gasteiger partial charge in [0.1, 0.15) is 12.0 Å². The Morgan fingerprint density at radius 2 is 2.29 bits per heavy atom. The zero-order chi connectivity index (χ0) is 12.5. The van der Waals surface area contributed by atoms with Crippen LogP contribution < -0.4 is 10.6 Å². The topological polar surface area (TPSA) is 59.1 Å². The Kier molecular flexibility index (Phi) is 6.35. The lowest BCUT2D eigenvalue weighted by molar-refractivity contribution is 0.149. The SMILES string of the molecule is C=CCCOCCNc1ncnc(Cl)c1NC. The highest BCUT2D eigenvalue weighted by atomic mass is 35.5. The van der Waals surface area contributed by atoms with E-state index >= 15 is 0 Å². The van der Waals surface area contributed by atoms with Gasteiger partial charge in [-0.15, -0.1) is 6.58 Å². The maximum atomic E-state index is 5.91. The van der Waals surface area contributed by atoms with Crippen LogP contribution >= 0.6 is 11.6 Å². The predicted octanol–water partition coefficient (Wildman–Crippen LogP) is 2.18. The van der Waals surface area contributed by atoms with E-state index in [-0.39, 0.29) is 0 Å². The molecule has 1 rings (SSSR count). The Morgan fingerprint density at radius 1 is 1.47 bits per heavy atom. The molecule has 0 radical (unpaired) electrons. The Bertz CT molecular complexity index is 359. The van der Waals surface area contributed by atoms with Gasteiger partial charge in [-0.3, -0.25) is 0 Å². The first-order valence-electron chi connectivity index (χ1n) is 5.40. The maximum Gasteiger partial charge on any atom is 0.157 e. The van der Waals surface area contributed by atoms with Crippen LogP contribution in [-0.4, -0.2) is 36.8 Å². The third kappa shape index (κ3) is 4.58. The second-order valence-corrected chi connectivity index (χ2v) is 3.61. The van der Waals surface area contributed by atoms with Gasteiger partial charge in [0.25, 0.3) is 0 Å². The van der Waals surface area contributed by atoms with Crippen LogP contribution in [0, 0.1) is 0 Å². The highest BCUT2D eigenvalue weighted by Crippen LogP contribution is 2.24. The normalized spacial score (nSPS) is 10.0. The zero-order valence-electron chi connectivity index (χ0n) is 9.87. The molecule has 0 fully saturated rings. The van der Waals surface area contributed by atoms with Crippen molar-refractivity contribution in [2.75, 3.05) is 37.4 Å². The largest absolute Gasteiger partial charge is 0.383 e. The van der Waals surface area contributed by atoms with Crippen molar-refractivity contribution in [2.24, 2.45) is 0 Å². The first-order valence-corrected chi connectivity index (χ1v) is 5.78. The second kappa shape index (κ2) is 7.86. The van der Waals surface area contributed by atoms with Crippen molar-refractivity contribution in [1.29, 1.82) is 0 Å². The molecule has 1 heterocycles. The minimum atomic E-state index is 0.401. The third-order valence-corrected chi connectivity index (χ3v) is 2.34. The Balaban J connectivity index is 2.36. The minimum absolute atomic E-state index is 0.401. The molecule has 2 N–H and O–H groups in total. The molecular weight excluding hydrogens is 240 g/mol. The molecule has 0 saturated carbocycles. The quantitative estimate of drug-likeness (QED) is 0.424. The lowest BCUT2D eigenvalue weighted by atomic mass is 10.4. The van der Waals surface area contributed by atoms with E-state index < -0.39 is 0 Å². The number of anilines is 2. The number of hydrogen-bond acceptors (Lipinski definition) is 5. The lowest BCUT2D eigenvalue weighted by Gasteiger charge is -2.11. The number of aromatic nitrogens is 2. The van der Waals surface area contributed by atoms with Crippen molar-refractivity contribution in [3.63, 3.8) is 0 Å².